The molecule has 2 heterocycles. The van der Waals surface area contributed by atoms with Gasteiger partial charge in [-0.15, -0.1) is 11.3 Å². The maximum Gasteiger partial charge on any atom is 0.261 e. The van der Waals surface area contributed by atoms with Crippen LogP contribution in [0.5, 0.6) is 0 Å². The zero-order valence-electron chi connectivity index (χ0n) is 11.4. The highest BCUT2D eigenvalue weighted by Crippen LogP contribution is 2.45. The summed E-state index contributed by atoms with van der Waals surface area (Å²) < 4.78 is 0.813. The van der Waals surface area contributed by atoms with Gasteiger partial charge in [0, 0.05) is 10.6 Å². The summed E-state index contributed by atoms with van der Waals surface area (Å²) in [7, 11) is 0. The average Bonchev–Trinajstić information content (AvgIpc) is 2.99. The van der Waals surface area contributed by atoms with E-state index in [9.17, 15) is 14.7 Å². The maximum absolute atomic E-state index is 12.4. The summed E-state index contributed by atoms with van der Waals surface area (Å²) in [4.78, 5) is 25.1. The Morgan fingerprint density at radius 3 is 2.77 bits per heavy atom. The minimum Gasteiger partial charge on any atom is -0.375 e. The lowest BCUT2D eigenvalue weighted by Gasteiger charge is -2.20. The van der Waals surface area contributed by atoms with E-state index in [4.69, 9.17) is 11.6 Å². The molecule has 0 unspecified atom stereocenters. The van der Waals surface area contributed by atoms with Gasteiger partial charge in [-0.3, -0.25) is 9.59 Å². The number of hydrogen-bond donors (Lipinski definition) is 2. The largest absolute Gasteiger partial charge is 0.375 e. The standard InChI is InChI=1S/C15H11BrClNO3S/c1-7-2-3-8(17)12-13(7)18-14(20)15(12,21)6-9(19)10-4-5-11(16)22-10/h2-5,21H,6H2,1H3,(H,18,20)/t15-/m0/s1. The van der Waals surface area contributed by atoms with Crippen molar-refractivity contribution < 1.29 is 14.7 Å². The van der Waals surface area contributed by atoms with Gasteiger partial charge in [-0.1, -0.05) is 17.7 Å². The zero-order valence-corrected chi connectivity index (χ0v) is 14.6. The summed E-state index contributed by atoms with van der Waals surface area (Å²) in [6.45, 7) is 1.80. The number of nitrogens with one attached hydrogen (secondary N) is 1. The van der Waals surface area contributed by atoms with Crippen LogP contribution in [0.3, 0.4) is 0 Å². The molecule has 0 saturated heterocycles. The van der Waals surface area contributed by atoms with Gasteiger partial charge in [-0.25, -0.2) is 0 Å². The molecule has 22 heavy (non-hydrogen) atoms. The first kappa shape index (κ1) is 15.7. The van der Waals surface area contributed by atoms with Crippen molar-refractivity contribution in [2.24, 2.45) is 0 Å². The van der Waals surface area contributed by atoms with Crippen molar-refractivity contribution in [1.29, 1.82) is 0 Å². The lowest BCUT2D eigenvalue weighted by molar-refractivity contribution is -0.133. The second-order valence-corrected chi connectivity index (χ2v) is 8.00. The molecule has 1 aliphatic rings. The van der Waals surface area contributed by atoms with E-state index >= 15 is 0 Å². The molecule has 2 N–H and O–H groups in total. The molecule has 0 saturated carbocycles. The Kier molecular flexibility index (Phi) is 3.89. The number of aliphatic hydroxyl groups is 1. The molecule has 1 aromatic carbocycles. The first-order valence-electron chi connectivity index (χ1n) is 6.45. The van der Waals surface area contributed by atoms with Crippen molar-refractivity contribution in [1.82, 2.24) is 0 Å². The van der Waals surface area contributed by atoms with Crippen LogP contribution in [-0.4, -0.2) is 16.8 Å². The second-order valence-electron chi connectivity index (χ2n) is 5.13. The number of fused-ring (bicyclic) bond motifs is 1. The number of amides is 1. The van der Waals surface area contributed by atoms with Gasteiger partial charge in [0.1, 0.15) is 0 Å². The fourth-order valence-corrected chi connectivity index (χ4v) is 4.17. The van der Waals surface area contributed by atoms with Gasteiger partial charge in [0.25, 0.3) is 5.91 Å². The topological polar surface area (TPSA) is 66.4 Å². The highest BCUT2D eigenvalue weighted by atomic mass is 79.9. The summed E-state index contributed by atoms with van der Waals surface area (Å²) in [5.74, 6) is -0.929. The molecular formula is C15H11BrClNO3S. The van der Waals surface area contributed by atoms with Crippen LogP contribution in [0, 0.1) is 6.92 Å². The first-order chi connectivity index (χ1) is 10.3. The molecular weight excluding hydrogens is 390 g/mol. The lowest BCUT2D eigenvalue weighted by atomic mass is 9.88. The molecule has 0 bridgehead atoms. The summed E-state index contributed by atoms with van der Waals surface area (Å²) in [6.07, 6.45) is -0.345. The number of halogens is 2. The molecule has 7 heteroatoms. The number of carbonyl (C=O) groups excluding carboxylic acids is 2. The zero-order chi connectivity index (χ0) is 16.1. The molecule has 0 radical (unpaired) electrons. The fraction of sp³-hybridized carbons (Fsp3) is 0.200. The van der Waals surface area contributed by atoms with E-state index in [1.807, 2.05) is 0 Å². The molecule has 4 nitrogen and oxygen atoms in total. The second kappa shape index (κ2) is 5.45. The monoisotopic (exact) mass is 399 g/mol. The highest BCUT2D eigenvalue weighted by Gasteiger charge is 2.48. The van der Waals surface area contributed by atoms with Crippen molar-refractivity contribution >= 4 is 56.2 Å². The number of rotatable bonds is 3. The van der Waals surface area contributed by atoms with E-state index in [0.29, 0.717) is 10.6 Å². The van der Waals surface area contributed by atoms with E-state index in [1.165, 1.54) is 11.3 Å². The Bertz CT molecular complexity index is 804. The van der Waals surface area contributed by atoms with Gasteiger partial charge in [0.05, 0.1) is 20.8 Å². The number of Topliss-reactive ketones (excluding diaryl/α,β-unsaturated/α-hetero) is 1. The van der Waals surface area contributed by atoms with Crippen LogP contribution in [-0.2, 0) is 10.4 Å². The van der Waals surface area contributed by atoms with Gasteiger partial charge < -0.3 is 10.4 Å². The van der Waals surface area contributed by atoms with Crippen LogP contribution in [0.25, 0.3) is 0 Å². The summed E-state index contributed by atoms with van der Waals surface area (Å²) in [6, 6.07) is 6.78. The van der Waals surface area contributed by atoms with Crippen LogP contribution >= 0.6 is 38.9 Å². The van der Waals surface area contributed by atoms with E-state index in [2.05, 4.69) is 21.2 Å². The predicted molar refractivity (Wildman–Crippen MR) is 89.7 cm³/mol. The molecule has 0 spiro atoms. The number of thiophene rings is 1. The number of anilines is 1. The van der Waals surface area contributed by atoms with E-state index in [1.54, 1.807) is 31.2 Å². The quantitative estimate of drug-likeness (QED) is 0.768. The van der Waals surface area contributed by atoms with Gasteiger partial charge in [0.2, 0.25) is 0 Å². The van der Waals surface area contributed by atoms with E-state index < -0.39 is 11.5 Å². The summed E-state index contributed by atoms with van der Waals surface area (Å²) in [5, 5.41) is 13.7. The van der Waals surface area contributed by atoms with Crippen LogP contribution in [0.1, 0.15) is 27.2 Å². The highest BCUT2D eigenvalue weighted by molar-refractivity contribution is 9.11. The third-order valence-electron chi connectivity index (χ3n) is 3.65. The number of carbonyl (C=O) groups is 2. The molecule has 1 amide bonds. The van der Waals surface area contributed by atoms with Crippen LogP contribution in [0.4, 0.5) is 5.69 Å². The Morgan fingerprint density at radius 2 is 2.14 bits per heavy atom. The molecule has 114 valence electrons. The van der Waals surface area contributed by atoms with Gasteiger partial charge in [-0.2, -0.15) is 0 Å². The number of benzene rings is 1. The predicted octanol–water partition coefficient (Wildman–Crippen LogP) is 3.89. The minimum atomic E-state index is -1.94. The normalized spacial score (nSPS) is 19.9. The van der Waals surface area contributed by atoms with Crippen molar-refractivity contribution in [2.45, 2.75) is 18.9 Å². The molecule has 1 aliphatic heterocycles. The SMILES string of the molecule is Cc1ccc(Cl)c2c1NC(=O)[C@]2(O)CC(=O)c1ccc(Br)s1. The Hall–Kier alpha value is -1.21. The van der Waals surface area contributed by atoms with Crippen LogP contribution in [0.2, 0.25) is 5.02 Å². The van der Waals surface area contributed by atoms with Gasteiger partial charge >= 0.3 is 0 Å². The average molecular weight is 401 g/mol. The van der Waals surface area contributed by atoms with Crippen molar-refractivity contribution in [3.8, 4) is 0 Å². The smallest absolute Gasteiger partial charge is 0.261 e. The van der Waals surface area contributed by atoms with Crippen molar-refractivity contribution in [3.63, 3.8) is 0 Å². The molecule has 0 fully saturated rings. The van der Waals surface area contributed by atoms with Crippen LogP contribution in [0.15, 0.2) is 28.1 Å². The number of aryl methyl sites for hydroxylation is 1. The molecule has 3 rings (SSSR count). The third-order valence-corrected chi connectivity index (χ3v) is 5.63. The minimum absolute atomic E-state index is 0.265. The Labute approximate surface area is 144 Å². The van der Waals surface area contributed by atoms with E-state index in [-0.39, 0.29) is 22.8 Å². The maximum atomic E-state index is 12.4. The number of ketones is 1. The molecule has 1 aromatic heterocycles. The van der Waals surface area contributed by atoms with Gasteiger partial charge in [-0.05, 0) is 46.6 Å². The van der Waals surface area contributed by atoms with E-state index in [0.717, 1.165) is 9.35 Å². The number of hydrogen-bond acceptors (Lipinski definition) is 4. The lowest BCUT2D eigenvalue weighted by Crippen LogP contribution is -2.36. The Morgan fingerprint density at radius 1 is 1.41 bits per heavy atom. The first-order valence-corrected chi connectivity index (χ1v) is 8.43. The van der Waals surface area contributed by atoms with Crippen molar-refractivity contribution in [3.05, 3.63) is 49.1 Å². The van der Waals surface area contributed by atoms with Gasteiger partial charge in [0.15, 0.2) is 11.4 Å². The summed E-state index contributed by atoms with van der Waals surface area (Å²) in [5.41, 5.74) is -0.385. The Balaban J connectivity index is 2.02. The van der Waals surface area contributed by atoms with Crippen LogP contribution < -0.4 is 5.32 Å². The summed E-state index contributed by atoms with van der Waals surface area (Å²) >= 11 is 10.7. The molecule has 1 atom stereocenters. The fourth-order valence-electron chi connectivity index (χ4n) is 2.53. The van der Waals surface area contributed by atoms with Crippen molar-refractivity contribution in [2.75, 3.05) is 5.32 Å². The molecule has 2 aromatic rings. The third kappa shape index (κ3) is 2.40. The molecule has 0 aliphatic carbocycles.